The number of allylic oxidation sites excluding steroid dienone is 2. The zero-order valence-electron chi connectivity index (χ0n) is 11.1. The van der Waals surface area contributed by atoms with Crippen molar-refractivity contribution in [3.63, 3.8) is 0 Å². The summed E-state index contributed by atoms with van der Waals surface area (Å²) in [5, 5.41) is 0. The standard InChI is InChI=1S/C15H22O3/c1-3-5-6-7-13-12(8-9-14(13)16)11-15(17)18-10-4-2/h4-6,12-13H,2-3,7-11H2,1H3/b6-5-. The predicted octanol–water partition coefficient (Wildman–Crippen LogP) is 2.91. The molecule has 3 heteroatoms. The number of esters is 1. The molecule has 0 N–H and O–H groups in total. The highest BCUT2D eigenvalue weighted by Crippen LogP contribution is 2.34. The molecule has 1 saturated carbocycles. The summed E-state index contributed by atoms with van der Waals surface area (Å²) in [7, 11) is 0. The Kier molecular flexibility index (Phi) is 6.69. The lowest BCUT2D eigenvalue weighted by Crippen LogP contribution is -2.19. The summed E-state index contributed by atoms with van der Waals surface area (Å²) in [5.41, 5.74) is 0. The molecule has 0 aromatic carbocycles. The first-order valence-electron chi connectivity index (χ1n) is 6.63. The van der Waals surface area contributed by atoms with Gasteiger partial charge in [-0.3, -0.25) is 9.59 Å². The molecule has 0 spiro atoms. The monoisotopic (exact) mass is 250 g/mol. The Hall–Kier alpha value is -1.12. The number of carbonyl (C=O) groups excluding carboxylic acids is 2. The summed E-state index contributed by atoms with van der Waals surface area (Å²) in [6.07, 6.45) is 9.17. The fourth-order valence-corrected chi connectivity index (χ4v) is 2.38. The first kappa shape index (κ1) is 14.9. The molecular formula is C15H22O3. The fraction of sp³-hybridized carbons (Fsp3) is 0.600. The molecule has 0 amide bonds. The zero-order chi connectivity index (χ0) is 13.4. The highest BCUT2D eigenvalue weighted by atomic mass is 16.5. The van der Waals surface area contributed by atoms with Crippen molar-refractivity contribution >= 4 is 11.8 Å². The maximum Gasteiger partial charge on any atom is 0.306 e. The van der Waals surface area contributed by atoms with Crippen LogP contribution in [0.2, 0.25) is 0 Å². The van der Waals surface area contributed by atoms with E-state index in [4.69, 9.17) is 4.74 Å². The van der Waals surface area contributed by atoms with Crippen LogP contribution < -0.4 is 0 Å². The van der Waals surface area contributed by atoms with E-state index in [1.807, 2.05) is 0 Å². The second kappa shape index (κ2) is 8.06. The van der Waals surface area contributed by atoms with Crippen molar-refractivity contribution in [3.8, 4) is 0 Å². The summed E-state index contributed by atoms with van der Waals surface area (Å²) in [5.74, 6) is 0.219. The fourth-order valence-electron chi connectivity index (χ4n) is 2.38. The van der Waals surface area contributed by atoms with E-state index in [2.05, 4.69) is 26.0 Å². The number of rotatable bonds is 7. The third-order valence-corrected chi connectivity index (χ3v) is 3.33. The van der Waals surface area contributed by atoms with E-state index in [0.717, 1.165) is 19.3 Å². The van der Waals surface area contributed by atoms with Crippen LogP contribution in [0.5, 0.6) is 0 Å². The van der Waals surface area contributed by atoms with Gasteiger partial charge in [0, 0.05) is 18.8 Å². The third-order valence-electron chi connectivity index (χ3n) is 3.33. The minimum Gasteiger partial charge on any atom is -0.465 e. The molecule has 1 rings (SSSR count). The maximum absolute atomic E-state index is 11.8. The van der Waals surface area contributed by atoms with Crippen LogP contribution in [-0.4, -0.2) is 18.4 Å². The second-order valence-electron chi connectivity index (χ2n) is 4.66. The van der Waals surface area contributed by atoms with E-state index in [9.17, 15) is 9.59 Å². The van der Waals surface area contributed by atoms with Gasteiger partial charge in [0.15, 0.2) is 0 Å². The molecule has 2 unspecified atom stereocenters. The third kappa shape index (κ3) is 4.63. The number of hydrogen-bond acceptors (Lipinski definition) is 3. The van der Waals surface area contributed by atoms with Crippen molar-refractivity contribution in [1.82, 2.24) is 0 Å². The van der Waals surface area contributed by atoms with Gasteiger partial charge in [-0.1, -0.05) is 19.1 Å². The SMILES string of the molecule is [CH2][CH]COC(=O)CC1CCC(=O)C1C/C=C\CC. The van der Waals surface area contributed by atoms with Crippen LogP contribution in [0.25, 0.3) is 0 Å². The van der Waals surface area contributed by atoms with Gasteiger partial charge in [-0.05, 0) is 38.5 Å². The van der Waals surface area contributed by atoms with E-state index >= 15 is 0 Å². The molecule has 2 radical (unpaired) electrons. The molecule has 0 aromatic rings. The van der Waals surface area contributed by atoms with Crippen molar-refractivity contribution in [2.75, 3.05) is 6.61 Å². The van der Waals surface area contributed by atoms with E-state index in [1.54, 1.807) is 6.42 Å². The summed E-state index contributed by atoms with van der Waals surface area (Å²) in [6, 6.07) is 0. The lowest BCUT2D eigenvalue weighted by Gasteiger charge is -2.15. The van der Waals surface area contributed by atoms with Gasteiger partial charge in [0.2, 0.25) is 0 Å². The molecular weight excluding hydrogens is 228 g/mol. The summed E-state index contributed by atoms with van der Waals surface area (Å²) >= 11 is 0. The summed E-state index contributed by atoms with van der Waals surface area (Å²) in [6.45, 7) is 5.82. The number of ether oxygens (including phenoxy) is 1. The first-order valence-corrected chi connectivity index (χ1v) is 6.63. The maximum atomic E-state index is 11.8. The van der Waals surface area contributed by atoms with E-state index < -0.39 is 0 Å². The Labute approximate surface area is 110 Å². The Morgan fingerprint density at radius 2 is 2.28 bits per heavy atom. The second-order valence-corrected chi connectivity index (χ2v) is 4.66. The number of ketones is 1. The highest BCUT2D eigenvalue weighted by Gasteiger charge is 2.35. The molecule has 3 nitrogen and oxygen atoms in total. The van der Waals surface area contributed by atoms with Gasteiger partial charge < -0.3 is 4.74 Å². The van der Waals surface area contributed by atoms with Gasteiger partial charge in [-0.15, -0.1) is 0 Å². The molecule has 100 valence electrons. The molecule has 0 aromatic heterocycles. The van der Waals surface area contributed by atoms with Crippen LogP contribution in [0.3, 0.4) is 0 Å². The van der Waals surface area contributed by atoms with Crippen molar-refractivity contribution in [1.29, 1.82) is 0 Å². The van der Waals surface area contributed by atoms with Crippen molar-refractivity contribution in [2.24, 2.45) is 11.8 Å². The molecule has 2 atom stereocenters. The highest BCUT2D eigenvalue weighted by molar-refractivity contribution is 5.84. The minimum absolute atomic E-state index is 0.00378. The van der Waals surface area contributed by atoms with Gasteiger partial charge in [-0.25, -0.2) is 0 Å². The van der Waals surface area contributed by atoms with Crippen LogP contribution in [-0.2, 0) is 14.3 Å². The van der Waals surface area contributed by atoms with Crippen LogP contribution in [0.4, 0.5) is 0 Å². The Balaban J connectivity index is 2.45. The Morgan fingerprint density at radius 3 is 2.94 bits per heavy atom. The van der Waals surface area contributed by atoms with Crippen LogP contribution in [0, 0.1) is 25.2 Å². The van der Waals surface area contributed by atoms with E-state index in [-0.39, 0.29) is 30.2 Å². The largest absolute Gasteiger partial charge is 0.465 e. The first-order chi connectivity index (χ1) is 8.69. The lowest BCUT2D eigenvalue weighted by molar-refractivity contribution is -0.144. The number of Topliss-reactive ketones (excluding diaryl/α,β-unsaturated/α-hetero) is 1. The van der Waals surface area contributed by atoms with Gasteiger partial charge in [0.05, 0.1) is 6.61 Å². The van der Waals surface area contributed by atoms with Crippen molar-refractivity contribution in [3.05, 3.63) is 25.5 Å². The molecule has 0 aliphatic heterocycles. The molecule has 0 bridgehead atoms. The average Bonchev–Trinajstić information content (AvgIpc) is 2.69. The van der Waals surface area contributed by atoms with E-state index in [0.29, 0.717) is 12.8 Å². The minimum atomic E-state index is -0.223. The summed E-state index contributed by atoms with van der Waals surface area (Å²) in [4.78, 5) is 23.3. The molecule has 0 saturated heterocycles. The molecule has 1 aliphatic rings. The van der Waals surface area contributed by atoms with Gasteiger partial charge in [-0.2, -0.15) is 0 Å². The summed E-state index contributed by atoms with van der Waals surface area (Å²) < 4.78 is 4.98. The number of carbonyl (C=O) groups is 2. The van der Waals surface area contributed by atoms with Gasteiger partial charge in [0.1, 0.15) is 5.78 Å². The van der Waals surface area contributed by atoms with Crippen molar-refractivity contribution in [2.45, 2.75) is 39.0 Å². The van der Waals surface area contributed by atoms with Crippen LogP contribution in [0.15, 0.2) is 12.2 Å². The van der Waals surface area contributed by atoms with Crippen LogP contribution >= 0.6 is 0 Å². The lowest BCUT2D eigenvalue weighted by atomic mass is 9.89. The van der Waals surface area contributed by atoms with Gasteiger partial charge >= 0.3 is 5.97 Å². The number of hydrogen-bond donors (Lipinski definition) is 0. The topological polar surface area (TPSA) is 43.4 Å². The quantitative estimate of drug-likeness (QED) is 0.515. The smallest absolute Gasteiger partial charge is 0.306 e. The average molecular weight is 250 g/mol. The molecule has 0 heterocycles. The molecule has 1 aliphatic carbocycles. The zero-order valence-corrected chi connectivity index (χ0v) is 11.1. The normalized spacial score (nSPS) is 23.8. The predicted molar refractivity (Wildman–Crippen MR) is 70.5 cm³/mol. The van der Waals surface area contributed by atoms with Crippen LogP contribution in [0.1, 0.15) is 39.0 Å². The Bertz CT molecular complexity index is 307. The molecule has 18 heavy (non-hydrogen) atoms. The van der Waals surface area contributed by atoms with E-state index in [1.165, 1.54) is 0 Å². The van der Waals surface area contributed by atoms with Crippen molar-refractivity contribution < 1.29 is 14.3 Å². The molecule has 1 fully saturated rings. The Morgan fingerprint density at radius 1 is 1.50 bits per heavy atom. The van der Waals surface area contributed by atoms with Gasteiger partial charge in [0.25, 0.3) is 0 Å².